The van der Waals surface area contributed by atoms with E-state index in [-0.39, 0.29) is 5.78 Å². The second-order valence-electron chi connectivity index (χ2n) is 5.96. The molecule has 4 heteroatoms. The van der Waals surface area contributed by atoms with Crippen molar-refractivity contribution in [1.29, 1.82) is 0 Å². The predicted octanol–water partition coefficient (Wildman–Crippen LogP) is 4.18. The molecule has 3 rings (SSSR count). The summed E-state index contributed by atoms with van der Waals surface area (Å²) in [6.45, 7) is 2.14. The topological polar surface area (TPSA) is 56.2 Å². The number of hydrogen-bond donors (Lipinski definition) is 1. The molecule has 3 nitrogen and oxygen atoms in total. The Kier molecular flexibility index (Phi) is 3.35. The molecular formula is C16H18ClNO2. The van der Waals surface area contributed by atoms with Crippen LogP contribution in [0.2, 0.25) is 5.02 Å². The highest BCUT2D eigenvalue weighted by Gasteiger charge is 2.40. The van der Waals surface area contributed by atoms with E-state index in [1.807, 2.05) is 12.1 Å². The first-order valence-electron chi connectivity index (χ1n) is 7.01. The van der Waals surface area contributed by atoms with Gasteiger partial charge in [-0.25, -0.2) is 0 Å². The molecule has 1 aliphatic rings. The molecule has 0 amide bonds. The third kappa shape index (κ3) is 2.25. The Morgan fingerprint density at radius 1 is 1.50 bits per heavy atom. The fraction of sp³-hybridized carbons (Fsp3) is 0.438. The largest absolute Gasteiger partial charge is 0.451 e. The van der Waals surface area contributed by atoms with E-state index >= 15 is 0 Å². The molecule has 0 aliphatic heterocycles. The summed E-state index contributed by atoms with van der Waals surface area (Å²) in [7, 11) is 0. The van der Waals surface area contributed by atoms with Gasteiger partial charge in [0.15, 0.2) is 11.3 Å². The quantitative estimate of drug-likeness (QED) is 0.845. The van der Waals surface area contributed by atoms with Crippen molar-refractivity contribution in [1.82, 2.24) is 0 Å². The molecular weight excluding hydrogens is 274 g/mol. The molecule has 2 aromatic rings. The minimum Gasteiger partial charge on any atom is -0.451 e. The van der Waals surface area contributed by atoms with Crippen LogP contribution in [0, 0.1) is 5.92 Å². The Labute approximate surface area is 123 Å². The highest BCUT2D eigenvalue weighted by molar-refractivity contribution is 6.34. The Balaban J connectivity index is 1.98. The van der Waals surface area contributed by atoms with E-state index in [0.29, 0.717) is 22.3 Å². The number of rotatable bonds is 2. The molecule has 106 valence electrons. The summed E-state index contributed by atoms with van der Waals surface area (Å²) in [4.78, 5) is 12.7. The van der Waals surface area contributed by atoms with Crippen molar-refractivity contribution in [3.05, 3.63) is 35.0 Å². The lowest BCUT2D eigenvalue weighted by Gasteiger charge is -2.34. The average molecular weight is 292 g/mol. The molecule has 1 aliphatic carbocycles. The van der Waals surface area contributed by atoms with Crippen molar-refractivity contribution in [2.45, 2.75) is 38.1 Å². The molecule has 0 radical (unpaired) electrons. The number of ketones is 1. The minimum absolute atomic E-state index is 0.101. The smallest absolute Gasteiger partial charge is 0.217 e. The van der Waals surface area contributed by atoms with Crippen LogP contribution in [0.25, 0.3) is 11.0 Å². The van der Waals surface area contributed by atoms with E-state index in [1.165, 1.54) is 0 Å². The van der Waals surface area contributed by atoms with Crippen LogP contribution in [0.4, 0.5) is 0 Å². The van der Waals surface area contributed by atoms with Crippen molar-refractivity contribution in [3.8, 4) is 0 Å². The Morgan fingerprint density at radius 2 is 2.30 bits per heavy atom. The fourth-order valence-electron chi connectivity index (χ4n) is 3.18. The summed E-state index contributed by atoms with van der Waals surface area (Å²) in [5.74, 6) is 0.701. The SMILES string of the molecule is CC1CCCC(N)(C(=O)c2cc3cccc(Cl)c3o2)C1. The second kappa shape index (κ2) is 4.90. The summed E-state index contributed by atoms with van der Waals surface area (Å²) in [5.41, 5.74) is 6.11. The summed E-state index contributed by atoms with van der Waals surface area (Å²) < 4.78 is 5.65. The van der Waals surface area contributed by atoms with Crippen LogP contribution in [0.3, 0.4) is 0 Å². The van der Waals surface area contributed by atoms with E-state index in [9.17, 15) is 4.79 Å². The van der Waals surface area contributed by atoms with Gasteiger partial charge in [-0.05, 0) is 30.9 Å². The van der Waals surface area contributed by atoms with Gasteiger partial charge in [0.1, 0.15) is 0 Å². The molecule has 1 fully saturated rings. The molecule has 2 unspecified atom stereocenters. The molecule has 1 heterocycles. The lowest BCUT2D eigenvalue weighted by atomic mass is 9.74. The third-order valence-electron chi connectivity index (χ3n) is 4.20. The number of benzene rings is 1. The number of fused-ring (bicyclic) bond motifs is 1. The van der Waals surface area contributed by atoms with E-state index < -0.39 is 5.54 Å². The normalized spacial score (nSPS) is 26.9. The predicted molar refractivity (Wildman–Crippen MR) is 80.1 cm³/mol. The van der Waals surface area contributed by atoms with E-state index in [1.54, 1.807) is 12.1 Å². The maximum absolute atomic E-state index is 12.7. The molecule has 2 atom stereocenters. The Morgan fingerprint density at radius 3 is 3.00 bits per heavy atom. The number of hydrogen-bond acceptors (Lipinski definition) is 3. The molecule has 0 spiro atoms. The Bertz CT molecular complexity index is 664. The minimum atomic E-state index is -0.794. The number of furan rings is 1. The van der Waals surface area contributed by atoms with Crippen LogP contribution in [0.15, 0.2) is 28.7 Å². The standard InChI is InChI=1S/C16H18ClNO2/c1-10-4-3-7-16(18,9-10)15(19)13-8-11-5-2-6-12(17)14(11)20-13/h2,5-6,8,10H,3-4,7,9,18H2,1H3. The molecule has 20 heavy (non-hydrogen) atoms. The van der Waals surface area contributed by atoms with Gasteiger partial charge in [-0.2, -0.15) is 0 Å². The van der Waals surface area contributed by atoms with Crippen LogP contribution in [-0.2, 0) is 0 Å². The molecule has 0 saturated heterocycles. The number of Topliss-reactive ketones (excluding diaryl/α,β-unsaturated/α-hetero) is 1. The van der Waals surface area contributed by atoms with Crippen LogP contribution in [0.1, 0.15) is 43.2 Å². The van der Waals surface area contributed by atoms with Gasteiger partial charge in [-0.3, -0.25) is 4.79 Å². The van der Waals surface area contributed by atoms with Gasteiger partial charge in [0, 0.05) is 5.39 Å². The van der Waals surface area contributed by atoms with Crippen molar-refractivity contribution < 1.29 is 9.21 Å². The number of carbonyl (C=O) groups is 1. The van der Waals surface area contributed by atoms with Crippen molar-refractivity contribution >= 4 is 28.4 Å². The lowest BCUT2D eigenvalue weighted by Crippen LogP contribution is -2.50. The van der Waals surface area contributed by atoms with Crippen LogP contribution in [0.5, 0.6) is 0 Å². The van der Waals surface area contributed by atoms with Gasteiger partial charge in [0.05, 0.1) is 10.6 Å². The van der Waals surface area contributed by atoms with Crippen molar-refractivity contribution in [2.24, 2.45) is 11.7 Å². The Hall–Kier alpha value is -1.32. The number of nitrogens with two attached hydrogens (primary N) is 1. The van der Waals surface area contributed by atoms with E-state index in [4.69, 9.17) is 21.8 Å². The first kappa shape index (κ1) is 13.7. The zero-order valence-corrected chi connectivity index (χ0v) is 12.2. The zero-order valence-electron chi connectivity index (χ0n) is 11.5. The van der Waals surface area contributed by atoms with Gasteiger partial charge in [0.2, 0.25) is 5.78 Å². The monoisotopic (exact) mass is 291 g/mol. The first-order chi connectivity index (χ1) is 9.49. The van der Waals surface area contributed by atoms with Crippen LogP contribution < -0.4 is 5.73 Å². The molecule has 1 aromatic heterocycles. The number of para-hydroxylation sites is 1. The third-order valence-corrected chi connectivity index (χ3v) is 4.50. The fourth-order valence-corrected chi connectivity index (χ4v) is 3.40. The highest BCUT2D eigenvalue weighted by Crippen LogP contribution is 2.35. The highest BCUT2D eigenvalue weighted by atomic mass is 35.5. The van der Waals surface area contributed by atoms with Crippen LogP contribution >= 0.6 is 11.6 Å². The maximum atomic E-state index is 12.7. The van der Waals surface area contributed by atoms with Gasteiger partial charge >= 0.3 is 0 Å². The average Bonchev–Trinajstić information content (AvgIpc) is 2.83. The van der Waals surface area contributed by atoms with Gasteiger partial charge in [0.25, 0.3) is 0 Å². The number of carbonyl (C=O) groups excluding carboxylic acids is 1. The van der Waals surface area contributed by atoms with Gasteiger partial charge < -0.3 is 10.2 Å². The van der Waals surface area contributed by atoms with E-state index in [0.717, 1.165) is 31.1 Å². The van der Waals surface area contributed by atoms with Crippen molar-refractivity contribution in [3.63, 3.8) is 0 Å². The van der Waals surface area contributed by atoms with E-state index in [2.05, 4.69) is 6.92 Å². The maximum Gasteiger partial charge on any atom is 0.217 e. The van der Waals surface area contributed by atoms with Gasteiger partial charge in [-0.15, -0.1) is 0 Å². The summed E-state index contributed by atoms with van der Waals surface area (Å²) >= 11 is 6.08. The van der Waals surface area contributed by atoms with Gasteiger partial charge in [-0.1, -0.05) is 43.5 Å². The molecule has 0 bridgehead atoms. The molecule has 1 saturated carbocycles. The zero-order chi connectivity index (χ0) is 14.3. The molecule has 2 N–H and O–H groups in total. The summed E-state index contributed by atoms with van der Waals surface area (Å²) in [5, 5.41) is 1.36. The summed E-state index contributed by atoms with van der Waals surface area (Å²) in [6, 6.07) is 7.23. The van der Waals surface area contributed by atoms with Crippen molar-refractivity contribution in [2.75, 3.05) is 0 Å². The lowest BCUT2D eigenvalue weighted by molar-refractivity contribution is 0.0792. The number of halogens is 1. The summed E-state index contributed by atoms with van der Waals surface area (Å²) in [6.07, 6.45) is 3.57. The second-order valence-corrected chi connectivity index (χ2v) is 6.36. The van der Waals surface area contributed by atoms with Crippen LogP contribution in [-0.4, -0.2) is 11.3 Å². The molecule has 1 aromatic carbocycles. The first-order valence-corrected chi connectivity index (χ1v) is 7.39.